The van der Waals surface area contributed by atoms with Crippen LogP contribution in [-0.4, -0.2) is 24.9 Å². The number of aryl methyl sites for hydroxylation is 1. The molecule has 0 aliphatic carbocycles. The molecule has 22 heavy (non-hydrogen) atoms. The van der Waals surface area contributed by atoms with Gasteiger partial charge in [0.2, 0.25) is 5.89 Å². The predicted molar refractivity (Wildman–Crippen MR) is 84.7 cm³/mol. The molecule has 0 unspecified atom stereocenters. The van der Waals surface area contributed by atoms with Gasteiger partial charge in [-0.1, -0.05) is 28.5 Å². The number of hydrogen-bond donors (Lipinski definition) is 0. The van der Waals surface area contributed by atoms with Gasteiger partial charge in [0.25, 0.3) is 0 Å². The van der Waals surface area contributed by atoms with Crippen LogP contribution in [0.5, 0.6) is 0 Å². The molecule has 1 aromatic carbocycles. The second-order valence-corrected chi connectivity index (χ2v) is 5.96. The van der Waals surface area contributed by atoms with E-state index in [4.69, 9.17) is 16.1 Å². The van der Waals surface area contributed by atoms with Crippen molar-refractivity contribution in [2.24, 2.45) is 0 Å². The fourth-order valence-corrected chi connectivity index (χ4v) is 2.98. The first-order valence-electron chi connectivity index (χ1n) is 6.78. The quantitative estimate of drug-likeness (QED) is 0.663. The molecule has 0 saturated heterocycles. The van der Waals surface area contributed by atoms with E-state index in [1.165, 1.54) is 11.8 Å². The van der Waals surface area contributed by atoms with Gasteiger partial charge in [-0.3, -0.25) is 0 Å². The Hall–Kier alpha value is -1.86. The summed E-state index contributed by atoms with van der Waals surface area (Å²) in [5.74, 6) is 2.61. The Morgan fingerprint density at radius 1 is 1.23 bits per heavy atom. The summed E-state index contributed by atoms with van der Waals surface area (Å²) in [7, 11) is 0. The highest BCUT2D eigenvalue weighted by Crippen LogP contribution is 2.26. The minimum absolute atomic E-state index is 0.569. The minimum Gasteiger partial charge on any atom is -0.338 e. The van der Waals surface area contributed by atoms with Crippen LogP contribution in [0.2, 0.25) is 5.02 Å². The number of nitrogens with zero attached hydrogens (tertiary/aromatic N) is 5. The SMILES string of the molecule is CCn1c(SCc2nc(C)no2)nnc1-c1ccc(Cl)cc1. The van der Waals surface area contributed by atoms with E-state index >= 15 is 0 Å². The maximum absolute atomic E-state index is 5.93. The molecule has 8 heteroatoms. The Morgan fingerprint density at radius 3 is 2.64 bits per heavy atom. The van der Waals surface area contributed by atoms with Gasteiger partial charge in [0, 0.05) is 17.1 Å². The van der Waals surface area contributed by atoms with Crippen molar-refractivity contribution >= 4 is 23.4 Å². The third-order valence-corrected chi connectivity index (χ3v) is 4.23. The molecular formula is C14H14ClN5OS. The third kappa shape index (κ3) is 3.15. The third-order valence-electron chi connectivity index (χ3n) is 3.03. The first-order valence-corrected chi connectivity index (χ1v) is 8.15. The van der Waals surface area contributed by atoms with Crippen LogP contribution in [0.25, 0.3) is 11.4 Å². The van der Waals surface area contributed by atoms with E-state index in [9.17, 15) is 0 Å². The summed E-state index contributed by atoms with van der Waals surface area (Å²) in [6.07, 6.45) is 0. The molecule has 0 radical (unpaired) electrons. The summed E-state index contributed by atoms with van der Waals surface area (Å²) in [6.45, 7) is 4.63. The van der Waals surface area contributed by atoms with Gasteiger partial charge in [-0.05, 0) is 38.1 Å². The number of benzene rings is 1. The van der Waals surface area contributed by atoms with Crippen LogP contribution in [0.1, 0.15) is 18.6 Å². The Labute approximate surface area is 136 Å². The molecule has 114 valence electrons. The van der Waals surface area contributed by atoms with Crippen molar-refractivity contribution in [3.63, 3.8) is 0 Å². The van der Waals surface area contributed by atoms with Gasteiger partial charge < -0.3 is 9.09 Å². The van der Waals surface area contributed by atoms with Gasteiger partial charge in [-0.15, -0.1) is 10.2 Å². The van der Waals surface area contributed by atoms with Crippen molar-refractivity contribution in [2.45, 2.75) is 31.3 Å². The average Bonchev–Trinajstić information content (AvgIpc) is 3.11. The highest BCUT2D eigenvalue weighted by molar-refractivity contribution is 7.98. The topological polar surface area (TPSA) is 69.6 Å². The lowest BCUT2D eigenvalue weighted by Gasteiger charge is -2.06. The van der Waals surface area contributed by atoms with Crippen LogP contribution in [0, 0.1) is 6.92 Å². The largest absolute Gasteiger partial charge is 0.338 e. The smallest absolute Gasteiger partial charge is 0.237 e. The fourth-order valence-electron chi connectivity index (χ4n) is 2.02. The molecule has 0 fully saturated rings. The molecule has 0 saturated carbocycles. The second-order valence-electron chi connectivity index (χ2n) is 4.58. The van der Waals surface area contributed by atoms with E-state index in [0.29, 0.717) is 22.5 Å². The average molecular weight is 336 g/mol. The summed E-state index contributed by atoms with van der Waals surface area (Å²) < 4.78 is 7.16. The summed E-state index contributed by atoms with van der Waals surface area (Å²) in [4.78, 5) is 4.19. The van der Waals surface area contributed by atoms with Gasteiger partial charge in [0.1, 0.15) is 0 Å². The van der Waals surface area contributed by atoms with Crippen molar-refractivity contribution in [3.05, 3.63) is 41.0 Å². The van der Waals surface area contributed by atoms with Crippen LogP contribution >= 0.6 is 23.4 Å². The van der Waals surface area contributed by atoms with Gasteiger partial charge in [0.15, 0.2) is 16.8 Å². The maximum Gasteiger partial charge on any atom is 0.237 e. The molecule has 0 N–H and O–H groups in total. The number of thioether (sulfide) groups is 1. The maximum atomic E-state index is 5.93. The Kier molecular flexibility index (Phi) is 4.44. The lowest BCUT2D eigenvalue weighted by molar-refractivity contribution is 0.387. The lowest BCUT2D eigenvalue weighted by atomic mass is 10.2. The number of halogens is 1. The summed E-state index contributed by atoms with van der Waals surface area (Å²) >= 11 is 7.45. The molecule has 2 heterocycles. The molecular weight excluding hydrogens is 322 g/mol. The van der Waals surface area contributed by atoms with Gasteiger partial charge in [-0.25, -0.2) is 0 Å². The molecule has 0 amide bonds. The summed E-state index contributed by atoms with van der Waals surface area (Å²) in [5.41, 5.74) is 0.985. The number of rotatable bonds is 5. The zero-order valence-corrected chi connectivity index (χ0v) is 13.7. The van der Waals surface area contributed by atoms with Crippen molar-refractivity contribution in [1.29, 1.82) is 0 Å². The first-order chi connectivity index (χ1) is 10.7. The summed E-state index contributed by atoms with van der Waals surface area (Å²) in [6, 6.07) is 7.57. The molecule has 3 rings (SSSR count). The minimum atomic E-state index is 0.569. The van der Waals surface area contributed by atoms with Crippen molar-refractivity contribution < 1.29 is 4.52 Å². The molecule has 6 nitrogen and oxygen atoms in total. The van der Waals surface area contributed by atoms with Gasteiger partial charge in [-0.2, -0.15) is 4.98 Å². The molecule has 2 aromatic heterocycles. The van der Waals surface area contributed by atoms with Crippen LogP contribution < -0.4 is 0 Å². The molecule has 3 aromatic rings. The second kappa shape index (κ2) is 6.50. The first kappa shape index (κ1) is 15.1. The Morgan fingerprint density at radius 2 is 2.00 bits per heavy atom. The molecule has 0 bridgehead atoms. The van der Waals surface area contributed by atoms with Crippen LogP contribution in [0.4, 0.5) is 0 Å². The van der Waals surface area contributed by atoms with E-state index in [1.54, 1.807) is 6.92 Å². The molecule has 0 aliphatic rings. The van der Waals surface area contributed by atoms with E-state index in [-0.39, 0.29) is 0 Å². The Bertz CT molecular complexity index is 768. The van der Waals surface area contributed by atoms with E-state index in [2.05, 4.69) is 31.8 Å². The van der Waals surface area contributed by atoms with Gasteiger partial charge >= 0.3 is 0 Å². The molecule has 0 atom stereocenters. The predicted octanol–water partition coefficient (Wildman–Crippen LogP) is 3.60. The highest BCUT2D eigenvalue weighted by Gasteiger charge is 2.14. The lowest BCUT2D eigenvalue weighted by Crippen LogP contribution is -1.99. The molecule has 0 aliphatic heterocycles. The van der Waals surface area contributed by atoms with Crippen LogP contribution in [0.15, 0.2) is 33.9 Å². The van der Waals surface area contributed by atoms with E-state index < -0.39 is 0 Å². The van der Waals surface area contributed by atoms with Crippen molar-refractivity contribution in [1.82, 2.24) is 24.9 Å². The number of aromatic nitrogens is 5. The fraction of sp³-hybridized carbons (Fsp3) is 0.286. The number of hydrogen-bond acceptors (Lipinski definition) is 6. The van der Waals surface area contributed by atoms with Crippen LogP contribution in [0.3, 0.4) is 0 Å². The van der Waals surface area contributed by atoms with Gasteiger partial charge in [0.05, 0.1) is 5.75 Å². The normalized spacial score (nSPS) is 11.0. The standard InChI is InChI=1S/C14H14ClN5OS/c1-3-20-13(10-4-6-11(15)7-5-10)17-18-14(20)22-8-12-16-9(2)19-21-12/h4-7H,3,8H2,1-2H3. The molecule has 0 spiro atoms. The zero-order valence-electron chi connectivity index (χ0n) is 12.2. The van der Waals surface area contributed by atoms with Crippen molar-refractivity contribution in [2.75, 3.05) is 0 Å². The van der Waals surface area contributed by atoms with E-state index in [1.807, 2.05) is 24.3 Å². The monoisotopic (exact) mass is 335 g/mol. The highest BCUT2D eigenvalue weighted by atomic mass is 35.5. The summed E-state index contributed by atoms with van der Waals surface area (Å²) in [5, 5.41) is 13.8. The van der Waals surface area contributed by atoms with Crippen molar-refractivity contribution in [3.8, 4) is 11.4 Å². The van der Waals surface area contributed by atoms with Crippen LogP contribution in [-0.2, 0) is 12.3 Å². The van der Waals surface area contributed by atoms with E-state index in [0.717, 1.165) is 23.1 Å². The zero-order chi connectivity index (χ0) is 15.5. The Balaban J connectivity index is 1.82.